The van der Waals surface area contributed by atoms with E-state index in [1.807, 2.05) is 30.3 Å². The van der Waals surface area contributed by atoms with Crippen LogP contribution in [0.3, 0.4) is 0 Å². The van der Waals surface area contributed by atoms with Crippen LogP contribution in [0.5, 0.6) is 5.75 Å². The molecule has 3 aromatic carbocycles. The Morgan fingerprint density at radius 2 is 1.38 bits per heavy atom. The van der Waals surface area contributed by atoms with E-state index < -0.39 is 11.6 Å². The van der Waals surface area contributed by atoms with E-state index >= 15 is 4.39 Å². The van der Waals surface area contributed by atoms with Crippen LogP contribution in [0, 0.1) is 35.2 Å². The molecule has 0 unspecified atom stereocenters. The van der Waals surface area contributed by atoms with Gasteiger partial charge in [-0.3, -0.25) is 0 Å². The molecule has 2 saturated carbocycles. The molecule has 0 heterocycles. The van der Waals surface area contributed by atoms with E-state index in [1.54, 1.807) is 18.2 Å². The monoisotopic (exact) mass is 542 g/mol. The fourth-order valence-corrected chi connectivity index (χ4v) is 7.04. The van der Waals surface area contributed by atoms with Gasteiger partial charge in [0.25, 0.3) is 0 Å². The molecule has 2 aliphatic rings. The number of rotatable bonds is 9. The van der Waals surface area contributed by atoms with Gasteiger partial charge in [-0.15, -0.1) is 6.58 Å². The topological polar surface area (TPSA) is 9.23 Å². The van der Waals surface area contributed by atoms with Crippen molar-refractivity contribution in [2.45, 2.75) is 70.1 Å². The summed E-state index contributed by atoms with van der Waals surface area (Å²) in [6.45, 7) is 3.63. The van der Waals surface area contributed by atoms with Crippen LogP contribution < -0.4 is 4.74 Å². The van der Waals surface area contributed by atoms with Gasteiger partial charge in [0.2, 0.25) is 5.82 Å². The number of hydrogen-bond donors (Lipinski definition) is 0. The lowest BCUT2D eigenvalue weighted by molar-refractivity contribution is 0.156. The summed E-state index contributed by atoms with van der Waals surface area (Å²) in [5.41, 5.74) is 3.08. The fraction of sp³-hybridized carbons (Fsp3) is 0.429. The van der Waals surface area contributed by atoms with Gasteiger partial charge in [-0.05, 0) is 115 Å². The van der Waals surface area contributed by atoms with Gasteiger partial charge in [0, 0.05) is 12.1 Å². The molecule has 0 aromatic heterocycles. The predicted molar refractivity (Wildman–Crippen MR) is 158 cm³/mol. The molecule has 2 aliphatic carbocycles. The minimum Gasteiger partial charge on any atom is -0.500 e. The molecule has 0 bridgehead atoms. The maximum atomic E-state index is 15.3. The highest BCUT2D eigenvalue weighted by molar-refractivity contribution is 6.08. The van der Waals surface area contributed by atoms with Gasteiger partial charge in [-0.25, -0.2) is 8.78 Å². The second kappa shape index (κ2) is 13.1. The lowest BCUT2D eigenvalue weighted by Crippen LogP contribution is -2.25. The van der Waals surface area contributed by atoms with Crippen LogP contribution in [-0.2, 0) is 0 Å². The van der Waals surface area contributed by atoms with Crippen LogP contribution in [0.15, 0.2) is 67.3 Å². The summed E-state index contributed by atoms with van der Waals surface area (Å²) < 4.78 is 49.2. The van der Waals surface area contributed by atoms with Gasteiger partial charge in [0.15, 0.2) is 11.6 Å². The van der Waals surface area contributed by atoms with Gasteiger partial charge in [0.1, 0.15) is 13.7 Å². The quantitative estimate of drug-likeness (QED) is 0.193. The Bertz CT molecular complexity index is 1290. The van der Waals surface area contributed by atoms with Crippen LogP contribution in [-0.4, -0.2) is 14.4 Å². The minimum absolute atomic E-state index is 0.131. The third-order valence-corrected chi connectivity index (χ3v) is 9.36. The van der Waals surface area contributed by atoms with Gasteiger partial charge in [-0.2, -0.15) is 4.39 Å². The SMILES string of the molecule is [B]COc1ccc(-c2ccc(-c3ccc(C4CCC(C5CCC(CCC=C)CC5)CC4)c(F)c3)cc2)c(F)c1F. The Morgan fingerprint density at radius 1 is 0.750 bits per heavy atom. The second-order valence-corrected chi connectivity index (χ2v) is 11.6. The highest BCUT2D eigenvalue weighted by Gasteiger charge is 2.32. The van der Waals surface area contributed by atoms with E-state index in [9.17, 15) is 8.78 Å². The zero-order valence-corrected chi connectivity index (χ0v) is 23.2. The molecule has 40 heavy (non-hydrogen) atoms. The van der Waals surface area contributed by atoms with E-state index in [-0.39, 0.29) is 29.6 Å². The molecule has 0 saturated heterocycles. The average molecular weight is 542 g/mol. The van der Waals surface area contributed by atoms with E-state index in [2.05, 4.69) is 6.58 Å². The van der Waals surface area contributed by atoms with E-state index in [0.29, 0.717) is 5.56 Å². The van der Waals surface area contributed by atoms with Gasteiger partial charge >= 0.3 is 0 Å². The third kappa shape index (κ3) is 6.34. The standard InChI is InChI=1S/C35H38BF3O/c1-2-3-4-23-5-7-24(8-6-23)25-9-13-27(14-10-25)30-18-17-29(21-32(30)37)26-11-15-28(16-12-26)31-19-20-33(40-22-36)35(39)34(31)38/h2,11-12,15-21,23-25,27H,1,3-10,13-14,22H2. The first-order valence-corrected chi connectivity index (χ1v) is 14.8. The number of hydrogen-bond acceptors (Lipinski definition) is 1. The fourth-order valence-electron chi connectivity index (χ4n) is 7.04. The van der Waals surface area contributed by atoms with Crippen molar-refractivity contribution >= 4 is 7.85 Å². The van der Waals surface area contributed by atoms with E-state index in [0.717, 1.165) is 53.7 Å². The Balaban J connectivity index is 1.20. The van der Waals surface area contributed by atoms with Crippen molar-refractivity contribution in [1.82, 2.24) is 0 Å². The first kappa shape index (κ1) is 28.6. The van der Waals surface area contributed by atoms with E-state index in [1.165, 1.54) is 57.1 Å². The number of ether oxygens (including phenoxy) is 1. The predicted octanol–water partition coefficient (Wildman–Crippen LogP) is 9.99. The molecule has 2 fully saturated rings. The summed E-state index contributed by atoms with van der Waals surface area (Å²) >= 11 is 0. The number of halogens is 3. The number of allylic oxidation sites excluding steroid dienone is 1. The summed E-state index contributed by atoms with van der Waals surface area (Å²) in [5, 5.41) is 0. The molecule has 0 amide bonds. The smallest absolute Gasteiger partial charge is 0.201 e. The van der Waals surface area contributed by atoms with Crippen LogP contribution >= 0.6 is 0 Å². The molecule has 3 aromatic rings. The van der Waals surface area contributed by atoms with Crippen LogP contribution in [0.25, 0.3) is 22.3 Å². The van der Waals surface area contributed by atoms with Crippen molar-refractivity contribution in [2.24, 2.45) is 17.8 Å². The molecule has 5 rings (SSSR count). The highest BCUT2D eigenvalue weighted by Crippen LogP contribution is 2.45. The van der Waals surface area contributed by atoms with Crippen molar-refractivity contribution in [2.75, 3.05) is 6.51 Å². The Morgan fingerprint density at radius 3 is 2.00 bits per heavy atom. The molecule has 208 valence electrons. The molecule has 5 heteroatoms. The normalized spacial score (nSPS) is 23.1. The van der Waals surface area contributed by atoms with Crippen LogP contribution in [0.2, 0.25) is 0 Å². The first-order chi connectivity index (χ1) is 19.5. The zero-order chi connectivity index (χ0) is 28.1. The van der Waals surface area contributed by atoms with Crippen molar-refractivity contribution in [3.05, 3.63) is 90.3 Å². The molecular formula is C35H38BF3O. The average Bonchev–Trinajstić information content (AvgIpc) is 2.99. The van der Waals surface area contributed by atoms with Gasteiger partial charge < -0.3 is 4.74 Å². The maximum Gasteiger partial charge on any atom is 0.201 e. The van der Waals surface area contributed by atoms with E-state index in [4.69, 9.17) is 12.6 Å². The van der Waals surface area contributed by atoms with Crippen molar-refractivity contribution in [1.29, 1.82) is 0 Å². The molecule has 2 radical (unpaired) electrons. The summed E-state index contributed by atoms with van der Waals surface area (Å²) in [4.78, 5) is 0. The third-order valence-electron chi connectivity index (χ3n) is 9.36. The maximum absolute atomic E-state index is 15.3. The van der Waals surface area contributed by atoms with Crippen molar-refractivity contribution in [3.63, 3.8) is 0 Å². The number of benzene rings is 3. The lowest BCUT2D eigenvalue weighted by atomic mass is 9.68. The van der Waals surface area contributed by atoms with Crippen molar-refractivity contribution in [3.8, 4) is 28.0 Å². The lowest BCUT2D eigenvalue weighted by Gasteiger charge is -2.38. The zero-order valence-electron chi connectivity index (χ0n) is 23.2. The molecule has 1 nitrogen and oxygen atoms in total. The summed E-state index contributed by atoms with van der Waals surface area (Å²) in [6.07, 6.45) is 14.4. The molecule has 0 atom stereocenters. The first-order valence-electron chi connectivity index (χ1n) is 14.8. The highest BCUT2D eigenvalue weighted by atomic mass is 19.2. The summed E-state index contributed by atoms with van der Waals surface area (Å²) in [7, 11) is 5.27. The van der Waals surface area contributed by atoms with Gasteiger partial charge in [-0.1, -0.05) is 55.3 Å². The molecule has 0 spiro atoms. The molecule has 0 aliphatic heterocycles. The van der Waals surface area contributed by atoms with Crippen LogP contribution in [0.1, 0.15) is 75.7 Å². The Labute approximate surface area is 238 Å². The Hall–Kier alpha value is -2.95. The molecule has 0 N–H and O–H groups in total. The summed E-state index contributed by atoms with van der Waals surface area (Å²) in [5.74, 6) is 0.369. The summed E-state index contributed by atoms with van der Waals surface area (Å²) in [6, 6.07) is 15.4. The van der Waals surface area contributed by atoms with Crippen molar-refractivity contribution < 1.29 is 17.9 Å². The minimum atomic E-state index is -1.06. The van der Waals surface area contributed by atoms with Crippen LogP contribution in [0.4, 0.5) is 13.2 Å². The largest absolute Gasteiger partial charge is 0.500 e. The Kier molecular flexibility index (Phi) is 9.39. The second-order valence-electron chi connectivity index (χ2n) is 11.6. The van der Waals surface area contributed by atoms with Gasteiger partial charge in [0.05, 0.1) is 0 Å². The molecular weight excluding hydrogens is 504 g/mol.